The van der Waals surface area contributed by atoms with E-state index in [9.17, 15) is 5.11 Å². The molecule has 1 saturated heterocycles. The van der Waals surface area contributed by atoms with Crippen LogP contribution in [-0.4, -0.2) is 42.8 Å². The smallest absolute Gasteiger partial charge is 0.123 e. The van der Waals surface area contributed by atoms with E-state index >= 15 is 0 Å². The van der Waals surface area contributed by atoms with Crippen molar-refractivity contribution in [3.05, 3.63) is 23.8 Å². The van der Waals surface area contributed by atoms with Crippen molar-refractivity contribution < 1.29 is 9.84 Å². The van der Waals surface area contributed by atoms with Gasteiger partial charge in [0.05, 0.1) is 7.11 Å². The molecule has 0 amide bonds. The Balaban J connectivity index is 1.82. The van der Waals surface area contributed by atoms with Gasteiger partial charge in [-0.1, -0.05) is 13.0 Å². The standard InChI is InChI=1S/C15H24N2O2/c1-3-17-8-6-13(7-9-17)16-11-12-4-5-14(19-2)10-15(12)18/h4-5,10,13,16,18H,3,6-9,11H2,1-2H3. The van der Waals surface area contributed by atoms with Gasteiger partial charge in [0.15, 0.2) is 0 Å². The first-order valence-corrected chi connectivity index (χ1v) is 7.04. The number of hydrogen-bond acceptors (Lipinski definition) is 4. The van der Waals surface area contributed by atoms with Crippen molar-refractivity contribution in [1.82, 2.24) is 10.2 Å². The Morgan fingerprint density at radius 3 is 2.68 bits per heavy atom. The predicted molar refractivity (Wildman–Crippen MR) is 76.6 cm³/mol. The van der Waals surface area contributed by atoms with Crippen LogP contribution in [0.25, 0.3) is 0 Å². The van der Waals surface area contributed by atoms with Crippen molar-refractivity contribution in [1.29, 1.82) is 0 Å². The molecule has 0 radical (unpaired) electrons. The molecule has 2 rings (SSSR count). The number of nitrogens with one attached hydrogen (secondary N) is 1. The second-order valence-corrected chi connectivity index (χ2v) is 5.08. The normalized spacial score (nSPS) is 17.6. The molecule has 1 aliphatic rings. The summed E-state index contributed by atoms with van der Waals surface area (Å²) in [6.07, 6.45) is 2.37. The van der Waals surface area contributed by atoms with Crippen LogP contribution in [0.1, 0.15) is 25.3 Å². The number of ether oxygens (including phenoxy) is 1. The van der Waals surface area contributed by atoms with Crippen LogP contribution >= 0.6 is 0 Å². The summed E-state index contributed by atoms with van der Waals surface area (Å²) in [7, 11) is 1.61. The summed E-state index contributed by atoms with van der Waals surface area (Å²) >= 11 is 0. The highest BCUT2D eigenvalue weighted by Gasteiger charge is 2.17. The Hall–Kier alpha value is -1.26. The summed E-state index contributed by atoms with van der Waals surface area (Å²) in [5.41, 5.74) is 0.929. The zero-order valence-electron chi connectivity index (χ0n) is 11.9. The van der Waals surface area contributed by atoms with Gasteiger partial charge in [-0.05, 0) is 38.5 Å². The maximum Gasteiger partial charge on any atom is 0.123 e. The van der Waals surface area contributed by atoms with Gasteiger partial charge in [-0.25, -0.2) is 0 Å². The number of methoxy groups -OCH3 is 1. The Bertz CT molecular complexity index is 401. The number of phenolic OH excluding ortho intramolecular Hbond substituents is 1. The fourth-order valence-electron chi connectivity index (χ4n) is 2.53. The average molecular weight is 264 g/mol. The number of rotatable bonds is 5. The molecule has 1 aliphatic heterocycles. The fourth-order valence-corrected chi connectivity index (χ4v) is 2.53. The van der Waals surface area contributed by atoms with Crippen molar-refractivity contribution in [3.63, 3.8) is 0 Å². The van der Waals surface area contributed by atoms with E-state index in [0.29, 0.717) is 24.1 Å². The minimum Gasteiger partial charge on any atom is -0.507 e. The third-order valence-electron chi connectivity index (χ3n) is 3.91. The Morgan fingerprint density at radius 2 is 2.11 bits per heavy atom. The molecule has 4 heteroatoms. The van der Waals surface area contributed by atoms with E-state index in [0.717, 1.165) is 12.1 Å². The second kappa shape index (κ2) is 6.78. The molecule has 0 atom stereocenters. The highest BCUT2D eigenvalue weighted by molar-refractivity contribution is 5.39. The van der Waals surface area contributed by atoms with E-state index in [4.69, 9.17) is 4.74 Å². The van der Waals surface area contributed by atoms with Gasteiger partial charge in [-0.2, -0.15) is 0 Å². The highest BCUT2D eigenvalue weighted by atomic mass is 16.5. The molecule has 1 fully saturated rings. The third kappa shape index (κ3) is 3.85. The molecule has 2 N–H and O–H groups in total. The average Bonchev–Trinajstić information content (AvgIpc) is 2.46. The van der Waals surface area contributed by atoms with Crippen molar-refractivity contribution in [3.8, 4) is 11.5 Å². The van der Waals surface area contributed by atoms with Crippen LogP contribution in [0.5, 0.6) is 11.5 Å². The van der Waals surface area contributed by atoms with Gasteiger partial charge in [0.2, 0.25) is 0 Å². The first-order chi connectivity index (χ1) is 9.22. The van der Waals surface area contributed by atoms with E-state index in [-0.39, 0.29) is 0 Å². The van der Waals surface area contributed by atoms with Crippen molar-refractivity contribution in [2.24, 2.45) is 0 Å². The first-order valence-electron chi connectivity index (χ1n) is 7.04. The number of likely N-dealkylation sites (tertiary alicyclic amines) is 1. The SMILES string of the molecule is CCN1CCC(NCc2ccc(OC)cc2O)CC1. The van der Waals surface area contributed by atoms with Gasteiger partial charge in [-0.3, -0.25) is 0 Å². The van der Waals surface area contributed by atoms with Crippen LogP contribution in [0.3, 0.4) is 0 Å². The maximum atomic E-state index is 9.90. The molecule has 0 unspecified atom stereocenters. The summed E-state index contributed by atoms with van der Waals surface area (Å²) < 4.78 is 5.08. The Morgan fingerprint density at radius 1 is 1.37 bits per heavy atom. The maximum absolute atomic E-state index is 9.90. The quantitative estimate of drug-likeness (QED) is 0.853. The first kappa shape index (κ1) is 14.2. The van der Waals surface area contributed by atoms with Crippen LogP contribution in [0, 0.1) is 0 Å². The van der Waals surface area contributed by atoms with Crippen molar-refractivity contribution >= 4 is 0 Å². The number of nitrogens with zero attached hydrogens (tertiary/aromatic N) is 1. The lowest BCUT2D eigenvalue weighted by molar-refractivity contribution is 0.205. The van der Waals surface area contributed by atoms with Gasteiger partial charge in [0, 0.05) is 24.2 Å². The minimum atomic E-state index is 0.304. The van der Waals surface area contributed by atoms with Crippen LogP contribution < -0.4 is 10.1 Å². The molecule has 0 saturated carbocycles. The predicted octanol–water partition coefficient (Wildman–Crippen LogP) is 1.97. The molecule has 0 spiro atoms. The molecule has 19 heavy (non-hydrogen) atoms. The van der Waals surface area contributed by atoms with Gasteiger partial charge in [-0.15, -0.1) is 0 Å². The number of piperidine rings is 1. The monoisotopic (exact) mass is 264 g/mol. The molecule has 106 valence electrons. The molecule has 1 heterocycles. The van der Waals surface area contributed by atoms with Crippen LogP contribution in [0.15, 0.2) is 18.2 Å². The number of hydrogen-bond donors (Lipinski definition) is 2. The second-order valence-electron chi connectivity index (χ2n) is 5.08. The topological polar surface area (TPSA) is 44.7 Å². The summed E-state index contributed by atoms with van der Waals surface area (Å²) in [6, 6.07) is 6.03. The summed E-state index contributed by atoms with van der Waals surface area (Å²) in [6.45, 7) is 6.41. The largest absolute Gasteiger partial charge is 0.507 e. The van der Waals surface area contributed by atoms with Crippen molar-refractivity contribution in [2.75, 3.05) is 26.7 Å². The zero-order valence-corrected chi connectivity index (χ0v) is 11.9. The lowest BCUT2D eigenvalue weighted by Gasteiger charge is -2.31. The molecule has 0 aliphatic carbocycles. The zero-order chi connectivity index (χ0) is 13.7. The number of aromatic hydroxyl groups is 1. The Labute approximate surface area is 115 Å². The summed E-state index contributed by atoms with van der Waals surface area (Å²) in [4.78, 5) is 2.48. The lowest BCUT2D eigenvalue weighted by atomic mass is 10.0. The van der Waals surface area contributed by atoms with Crippen molar-refractivity contribution in [2.45, 2.75) is 32.4 Å². The van der Waals surface area contributed by atoms with E-state index in [1.165, 1.54) is 25.9 Å². The summed E-state index contributed by atoms with van der Waals surface area (Å²) in [5, 5.41) is 13.4. The highest BCUT2D eigenvalue weighted by Crippen LogP contribution is 2.23. The Kier molecular flexibility index (Phi) is 5.05. The van der Waals surface area contributed by atoms with E-state index < -0.39 is 0 Å². The lowest BCUT2D eigenvalue weighted by Crippen LogP contribution is -2.42. The molecule has 4 nitrogen and oxygen atoms in total. The van der Waals surface area contributed by atoms with E-state index in [2.05, 4.69) is 17.1 Å². The van der Waals surface area contributed by atoms with Crippen LogP contribution in [0.2, 0.25) is 0 Å². The van der Waals surface area contributed by atoms with Gasteiger partial charge in [0.25, 0.3) is 0 Å². The third-order valence-corrected chi connectivity index (χ3v) is 3.91. The van der Waals surface area contributed by atoms with Gasteiger partial charge >= 0.3 is 0 Å². The van der Waals surface area contributed by atoms with E-state index in [1.54, 1.807) is 13.2 Å². The number of benzene rings is 1. The van der Waals surface area contributed by atoms with E-state index in [1.807, 2.05) is 12.1 Å². The van der Waals surface area contributed by atoms with Crippen LogP contribution in [-0.2, 0) is 6.54 Å². The molecule has 0 bridgehead atoms. The van der Waals surface area contributed by atoms with Gasteiger partial charge < -0.3 is 20.1 Å². The molecule has 0 aromatic heterocycles. The van der Waals surface area contributed by atoms with Gasteiger partial charge in [0.1, 0.15) is 11.5 Å². The number of phenols is 1. The molecule has 1 aromatic carbocycles. The molecular formula is C15H24N2O2. The van der Waals surface area contributed by atoms with Crippen LogP contribution in [0.4, 0.5) is 0 Å². The molecular weight excluding hydrogens is 240 g/mol. The fraction of sp³-hybridized carbons (Fsp3) is 0.600. The minimum absolute atomic E-state index is 0.304. The molecule has 1 aromatic rings. The summed E-state index contributed by atoms with van der Waals surface area (Å²) in [5.74, 6) is 0.996.